The molecule has 0 atom stereocenters. The molecule has 124 valence electrons. The molecule has 0 N–H and O–H groups in total. The van der Waals surface area contributed by atoms with Crippen molar-refractivity contribution >= 4 is 27.3 Å². The number of benzene rings is 1. The third kappa shape index (κ3) is 3.08. The van der Waals surface area contributed by atoms with Gasteiger partial charge in [-0.05, 0) is 19.1 Å². The van der Waals surface area contributed by atoms with Crippen LogP contribution < -0.4 is 4.90 Å². The Kier molecular flexibility index (Phi) is 4.35. The third-order valence-electron chi connectivity index (χ3n) is 4.02. The standard InChI is InChI=1S/C15H19ClN4O2S/c1-12-15(11-18(2)17-12)23(21,22)20-9-7-19(8-10-20)14-6-4-3-5-13(14)16/h3-6,11H,7-10H2,1-2H3. The molecule has 3 rings (SSSR count). The smallest absolute Gasteiger partial charge is 0.246 e. The summed E-state index contributed by atoms with van der Waals surface area (Å²) in [6.07, 6.45) is 1.56. The van der Waals surface area contributed by atoms with E-state index in [1.165, 1.54) is 8.99 Å². The Morgan fingerprint density at radius 3 is 2.35 bits per heavy atom. The molecule has 0 radical (unpaired) electrons. The molecule has 1 fully saturated rings. The highest BCUT2D eigenvalue weighted by atomic mass is 35.5. The quantitative estimate of drug-likeness (QED) is 0.844. The number of nitrogens with zero attached hydrogens (tertiary/aromatic N) is 4. The van der Waals surface area contributed by atoms with Crippen LogP contribution in [0.5, 0.6) is 0 Å². The molecule has 0 bridgehead atoms. The molecule has 2 heterocycles. The zero-order valence-corrected chi connectivity index (χ0v) is 14.7. The van der Waals surface area contributed by atoms with Gasteiger partial charge in [-0.25, -0.2) is 8.42 Å². The highest BCUT2D eigenvalue weighted by Crippen LogP contribution is 2.27. The zero-order valence-electron chi connectivity index (χ0n) is 13.1. The maximum atomic E-state index is 12.8. The van der Waals surface area contributed by atoms with Crippen LogP contribution in [-0.4, -0.2) is 48.7 Å². The average Bonchev–Trinajstić information content (AvgIpc) is 2.87. The van der Waals surface area contributed by atoms with Gasteiger partial charge in [0.05, 0.1) is 16.4 Å². The van der Waals surface area contributed by atoms with E-state index < -0.39 is 10.0 Å². The summed E-state index contributed by atoms with van der Waals surface area (Å²) in [7, 11) is -1.77. The van der Waals surface area contributed by atoms with Gasteiger partial charge in [0.15, 0.2) is 0 Å². The van der Waals surface area contributed by atoms with E-state index in [0.717, 1.165) is 5.69 Å². The van der Waals surface area contributed by atoms with Crippen molar-refractivity contribution in [2.75, 3.05) is 31.1 Å². The molecule has 1 aromatic carbocycles. The number of halogens is 1. The van der Waals surface area contributed by atoms with E-state index in [0.29, 0.717) is 36.9 Å². The van der Waals surface area contributed by atoms with E-state index in [1.807, 2.05) is 24.3 Å². The van der Waals surface area contributed by atoms with Gasteiger partial charge in [-0.3, -0.25) is 4.68 Å². The van der Waals surface area contributed by atoms with Crippen LogP contribution in [-0.2, 0) is 17.1 Å². The fraction of sp³-hybridized carbons (Fsp3) is 0.400. The number of para-hydroxylation sites is 1. The van der Waals surface area contributed by atoms with Gasteiger partial charge in [-0.15, -0.1) is 0 Å². The van der Waals surface area contributed by atoms with Crippen molar-refractivity contribution in [2.45, 2.75) is 11.8 Å². The molecule has 8 heteroatoms. The highest BCUT2D eigenvalue weighted by Gasteiger charge is 2.31. The van der Waals surface area contributed by atoms with Crippen LogP contribution in [0.2, 0.25) is 5.02 Å². The summed E-state index contributed by atoms with van der Waals surface area (Å²) in [5.41, 5.74) is 1.48. The van der Waals surface area contributed by atoms with Gasteiger partial charge in [0.25, 0.3) is 0 Å². The predicted molar refractivity (Wildman–Crippen MR) is 90.4 cm³/mol. The van der Waals surface area contributed by atoms with Crippen molar-refractivity contribution in [3.8, 4) is 0 Å². The summed E-state index contributed by atoms with van der Waals surface area (Å²) in [5, 5.41) is 4.82. The Bertz CT molecular complexity index is 811. The maximum absolute atomic E-state index is 12.8. The minimum absolute atomic E-state index is 0.284. The number of hydrogen-bond donors (Lipinski definition) is 0. The lowest BCUT2D eigenvalue weighted by Crippen LogP contribution is -2.48. The zero-order chi connectivity index (χ0) is 16.6. The van der Waals surface area contributed by atoms with Crippen LogP contribution >= 0.6 is 11.6 Å². The second-order valence-electron chi connectivity index (χ2n) is 5.59. The molecule has 1 saturated heterocycles. The van der Waals surface area contributed by atoms with Crippen LogP contribution in [0.1, 0.15) is 5.69 Å². The number of aromatic nitrogens is 2. The molecular weight excluding hydrogens is 336 g/mol. The maximum Gasteiger partial charge on any atom is 0.246 e. The molecule has 0 unspecified atom stereocenters. The average molecular weight is 355 g/mol. The molecule has 0 saturated carbocycles. The Hall–Kier alpha value is -1.57. The van der Waals surface area contributed by atoms with Gasteiger partial charge in [-0.2, -0.15) is 9.40 Å². The topological polar surface area (TPSA) is 58.4 Å². The predicted octanol–water partition coefficient (Wildman–Crippen LogP) is 1.89. The lowest BCUT2D eigenvalue weighted by Gasteiger charge is -2.35. The van der Waals surface area contributed by atoms with Crippen LogP contribution in [0.3, 0.4) is 0 Å². The molecule has 23 heavy (non-hydrogen) atoms. The molecule has 0 amide bonds. The van der Waals surface area contributed by atoms with E-state index in [2.05, 4.69) is 10.00 Å². The van der Waals surface area contributed by atoms with Crippen molar-refractivity contribution in [3.05, 3.63) is 41.2 Å². The second kappa shape index (κ2) is 6.14. The Balaban J connectivity index is 1.76. The molecule has 1 aliphatic rings. The number of aryl methyl sites for hydroxylation is 2. The molecule has 1 aliphatic heterocycles. The summed E-state index contributed by atoms with van der Waals surface area (Å²) >= 11 is 6.22. The Morgan fingerprint density at radius 1 is 1.13 bits per heavy atom. The molecule has 6 nitrogen and oxygen atoms in total. The molecular formula is C15H19ClN4O2S. The number of anilines is 1. The molecule has 0 spiro atoms. The summed E-state index contributed by atoms with van der Waals surface area (Å²) in [6.45, 7) is 3.81. The Morgan fingerprint density at radius 2 is 1.78 bits per heavy atom. The van der Waals surface area contributed by atoms with Crippen LogP contribution in [0, 0.1) is 6.92 Å². The Labute approximate surface area is 141 Å². The summed E-state index contributed by atoms with van der Waals surface area (Å²) < 4.78 is 28.6. The van der Waals surface area contributed by atoms with Gasteiger partial charge in [0.2, 0.25) is 10.0 Å². The molecule has 1 aromatic heterocycles. The summed E-state index contributed by atoms with van der Waals surface area (Å²) in [6, 6.07) is 7.62. The summed E-state index contributed by atoms with van der Waals surface area (Å²) in [4.78, 5) is 2.40. The minimum Gasteiger partial charge on any atom is -0.368 e. The number of hydrogen-bond acceptors (Lipinski definition) is 4. The van der Waals surface area contributed by atoms with Gasteiger partial charge >= 0.3 is 0 Å². The highest BCUT2D eigenvalue weighted by molar-refractivity contribution is 7.89. The largest absolute Gasteiger partial charge is 0.368 e. The fourth-order valence-electron chi connectivity index (χ4n) is 2.85. The van der Waals surface area contributed by atoms with E-state index in [1.54, 1.807) is 20.2 Å². The number of piperazine rings is 1. The van der Waals surface area contributed by atoms with E-state index in [9.17, 15) is 8.42 Å². The van der Waals surface area contributed by atoms with E-state index in [-0.39, 0.29) is 4.90 Å². The first-order valence-corrected chi connectivity index (χ1v) is 9.21. The molecule has 0 aliphatic carbocycles. The minimum atomic E-state index is -3.50. The second-order valence-corrected chi connectivity index (χ2v) is 7.91. The lowest BCUT2D eigenvalue weighted by atomic mass is 10.2. The van der Waals surface area contributed by atoms with E-state index in [4.69, 9.17) is 11.6 Å². The fourth-order valence-corrected chi connectivity index (χ4v) is 4.73. The SMILES string of the molecule is Cc1nn(C)cc1S(=O)(=O)N1CCN(c2ccccc2Cl)CC1. The summed E-state index contributed by atoms with van der Waals surface area (Å²) in [5.74, 6) is 0. The van der Waals surface area contributed by atoms with Crippen LogP contribution in [0.15, 0.2) is 35.4 Å². The van der Waals surface area contributed by atoms with Crippen LogP contribution in [0.25, 0.3) is 0 Å². The number of sulfonamides is 1. The van der Waals surface area contributed by atoms with Gasteiger partial charge in [0.1, 0.15) is 4.90 Å². The van der Waals surface area contributed by atoms with Crippen molar-refractivity contribution in [2.24, 2.45) is 7.05 Å². The van der Waals surface area contributed by atoms with Crippen molar-refractivity contribution < 1.29 is 8.42 Å². The van der Waals surface area contributed by atoms with Crippen LogP contribution in [0.4, 0.5) is 5.69 Å². The molecule has 2 aromatic rings. The van der Waals surface area contributed by atoms with Crippen molar-refractivity contribution in [1.29, 1.82) is 0 Å². The number of rotatable bonds is 3. The first-order valence-electron chi connectivity index (χ1n) is 7.39. The first kappa shape index (κ1) is 16.3. The monoisotopic (exact) mass is 354 g/mol. The van der Waals surface area contributed by atoms with Crippen molar-refractivity contribution in [3.63, 3.8) is 0 Å². The van der Waals surface area contributed by atoms with Gasteiger partial charge < -0.3 is 4.90 Å². The first-order chi connectivity index (χ1) is 10.9. The van der Waals surface area contributed by atoms with Gasteiger partial charge in [0, 0.05) is 39.4 Å². The third-order valence-corrected chi connectivity index (χ3v) is 6.34. The van der Waals surface area contributed by atoms with Gasteiger partial charge in [-0.1, -0.05) is 23.7 Å². The lowest BCUT2D eigenvalue weighted by molar-refractivity contribution is 0.384. The van der Waals surface area contributed by atoms with Crippen molar-refractivity contribution in [1.82, 2.24) is 14.1 Å². The normalized spacial score (nSPS) is 16.7. The van der Waals surface area contributed by atoms with E-state index >= 15 is 0 Å².